The zero-order valence-corrected chi connectivity index (χ0v) is 10.5. The Morgan fingerprint density at radius 1 is 1.33 bits per heavy atom. The first-order chi connectivity index (χ1) is 8.49. The molecule has 0 saturated carbocycles. The Kier molecular flexibility index (Phi) is 4.21. The van der Waals surface area contributed by atoms with Crippen molar-refractivity contribution < 1.29 is 19.4 Å². The molecule has 2 atom stereocenters. The Balaban J connectivity index is 1.88. The number of amides is 1. The third-order valence-corrected chi connectivity index (χ3v) is 3.66. The quantitative estimate of drug-likeness (QED) is 0.469. The number of β-amino-alcohol motifs (C(OH)–C–C–N with tert-alkyl or cyclic N) is 1. The SMILES string of the molecule is CB(O)N1CCN(C(=O)[C@@H]2C[C@@H](O)CN2F)CC1. The molecule has 0 spiro atoms. The molecule has 1 amide bonds. The standard InChI is InChI=1S/C10H19BFN3O3/c1-11(18)14-4-2-13(3-5-14)10(17)9-6-8(16)7-15(9)12/h8-9,16,18H,2-7H2,1H3/t8-,9+/m1/s1. The van der Waals surface area contributed by atoms with Gasteiger partial charge in [-0.2, -0.15) is 0 Å². The summed E-state index contributed by atoms with van der Waals surface area (Å²) >= 11 is 0. The van der Waals surface area contributed by atoms with Gasteiger partial charge in [0.25, 0.3) is 0 Å². The van der Waals surface area contributed by atoms with E-state index in [0.29, 0.717) is 31.3 Å². The van der Waals surface area contributed by atoms with Gasteiger partial charge in [0, 0.05) is 32.6 Å². The second kappa shape index (κ2) is 5.52. The fraction of sp³-hybridized carbons (Fsp3) is 0.900. The van der Waals surface area contributed by atoms with Crippen molar-refractivity contribution >= 4 is 13.0 Å². The third-order valence-electron chi connectivity index (χ3n) is 3.66. The van der Waals surface area contributed by atoms with E-state index in [1.807, 2.05) is 4.81 Å². The molecule has 2 aliphatic rings. The van der Waals surface area contributed by atoms with Crippen LogP contribution >= 0.6 is 0 Å². The predicted octanol–water partition coefficient (Wildman–Crippen LogP) is -1.44. The van der Waals surface area contributed by atoms with Gasteiger partial charge in [0.15, 0.2) is 0 Å². The van der Waals surface area contributed by atoms with Gasteiger partial charge in [-0.1, -0.05) is 0 Å². The van der Waals surface area contributed by atoms with E-state index in [9.17, 15) is 19.4 Å². The maximum Gasteiger partial charge on any atom is 0.376 e. The van der Waals surface area contributed by atoms with Crippen molar-refractivity contribution in [2.24, 2.45) is 0 Å². The van der Waals surface area contributed by atoms with Crippen LogP contribution in [0.5, 0.6) is 0 Å². The molecular formula is C10H19BFN3O3. The number of hydrogen-bond acceptors (Lipinski definition) is 5. The average molecular weight is 259 g/mol. The van der Waals surface area contributed by atoms with Crippen LogP contribution in [0, 0.1) is 0 Å². The second-order valence-corrected chi connectivity index (χ2v) is 4.98. The predicted molar refractivity (Wildman–Crippen MR) is 64.2 cm³/mol. The molecule has 2 rings (SSSR count). The largest absolute Gasteiger partial charge is 0.437 e. The fourth-order valence-electron chi connectivity index (χ4n) is 2.52. The molecule has 2 heterocycles. The van der Waals surface area contributed by atoms with Crippen molar-refractivity contribution in [1.29, 1.82) is 0 Å². The van der Waals surface area contributed by atoms with E-state index in [1.54, 1.807) is 11.7 Å². The summed E-state index contributed by atoms with van der Waals surface area (Å²) in [6.07, 6.45) is -0.603. The van der Waals surface area contributed by atoms with Crippen molar-refractivity contribution in [1.82, 2.24) is 14.8 Å². The molecule has 0 radical (unpaired) electrons. The van der Waals surface area contributed by atoms with Gasteiger partial charge in [-0.05, 0) is 6.82 Å². The van der Waals surface area contributed by atoms with Gasteiger partial charge in [0.1, 0.15) is 6.04 Å². The first-order valence-electron chi connectivity index (χ1n) is 6.30. The molecule has 0 bridgehead atoms. The number of halogens is 1. The maximum atomic E-state index is 13.4. The van der Waals surface area contributed by atoms with Gasteiger partial charge in [0.2, 0.25) is 5.91 Å². The van der Waals surface area contributed by atoms with E-state index < -0.39 is 19.2 Å². The van der Waals surface area contributed by atoms with Crippen molar-refractivity contribution in [2.45, 2.75) is 25.4 Å². The summed E-state index contributed by atoms with van der Waals surface area (Å²) in [7, 11) is -0.520. The van der Waals surface area contributed by atoms with E-state index in [1.165, 1.54) is 0 Å². The first kappa shape index (κ1) is 13.7. The minimum atomic E-state index is -0.849. The van der Waals surface area contributed by atoms with E-state index in [-0.39, 0.29) is 18.9 Å². The Labute approximate surface area is 106 Å². The van der Waals surface area contributed by atoms with Crippen LogP contribution in [0.1, 0.15) is 6.42 Å². The minimum absolute atomic E-state index is 0.0932. The molecule has 102 valence electrons. The summed E-state index contributed by atoms with van der Waals surface area (Å²) in [4.78, 5) is 15.6. The van der Waals surface area contributed by atoms with Gasteiger partial charge in [-0.25, -0.2) is 0 Å². The molecular weight excluding hydrogens is 240 g/mol. The molecule has 0 aromatic carbocycles. The van der Waals surface area contributed by atoms with E-state index in [2.05, 4.69) is 0 Å². The lowest BCUT2D eigenvalue weighted by Gasteiger charge is -2.36. The molecule has 2 N–H and O–H groups in total. The van der Waals surface area contributed by atoms with Crippen molar-refractivity contribution in [3.63, 3.8) is 0 Å². The van der Waals surface area contributed by atoms with Crippen molar-refractivity contribution in [3.05, 3.63) is 0 Å². The van der Waals surface area contributed by atoms with Crippen LogP contribution in [0.25, 0.3) is 0 Å². The highest BCUT2D eigenvalue weighted by atomic mass is 19.2. The third kappa shape index (κ3) is 2.82. The lowest BCUT2D eigenvalue weighted by Crippen LogP contribution is -2.55. The van der Waals surface area contributed by atoms with Crippen molar-refractivity contribution in [3.8, 4) is 0 Å². The maximum absolute atomic E-state index is 13.4. The summed E-state index contributed by atoms with van der Waals surface area (Å²) in [6, 6.07) is -0.849. The van der Waals surface area contributed by atoms with E-state index >= 15 is 0 Å². The zero-order valence-electron chi connectivity index (χ0n) is 10.5. The molecule has 8 heteroatoms. The van der Waals surface area contributed by atoms with Gasteiger partial charge in [-0.15, -0.1) is 9.60 Å². The summed E-state index contributed by atoms with van der Waals surface area (Å²) < 4.78 is 13.4. The highest BCUT2D eigenvalue weighted by Crippen LogP contribution is 2.20. The van der Waals surface area contributed by atoms with Crippen LogP contribution in [0.15, 0.2) is 0 Å². The van der Waals surface area contributed by atoms with Crippen LogP contribution in [0.2, 0.25) is 6.82 Å². The summed E-state index contributed by atoms with van der Waals surface area (Å²) in [6.45, 7) is 3.75. The number of carbonyl (C=O) groups excluding carboxylic acids is 1. The Bertz CT molecular complexity index is 313. The number of piperazine rings is 1. The smallest absolute Gasteiger partial charge is 0.376 e. The lowest BCUT2D eigenvalue weighted by atomic mass is 9.84. The highest BCUT2D eigenvalue weighted by Gasteiger charge is 2.39. The van der Waals surface area contributed by atoms with Crippen LogP contribution < -0.4 is 0 Å². The fourth-order valence-corrected chi connectivity index (χ4v) is 2.52. The van der Waals surface area contributed by atoms with Crippen molar-refractivity contribution in [2.75, 3.05) is 32.7 Å². The second-order valence-electron chi connectivity index (χ2n) is 4.98. The monoisotopic (exact) mass is 259 g/mol. The number of rotatable bonds is 2. The lowest BCUT2D eigenvalue weighted by molar-refractivity contribution is -0.143. The average Bonchev–Trinajstić information content (AvgIpc) is 2.67. The van der Waals surface area contributed by atoms with Crippen LogP contribution in [0.4, 0.5) is 4.48 Å². The Morgan fingerprint density at radius 2 is 1.94 bits per heavy atom. The summed E-state index contributed by atoms with van der Waals surface area (Å²) in [5.41, 5.74) is 0. The summed E-state index contributed by atoms with van der Waals surface area (Å²) in [5.74, 6) is -0.265. The molecule has 18 heavy (non-hydrogen) atoms. The normalized spacial score (nSPS) is 30.8. The molecule has 2 aliphatic heterocycles. The Hall–Kier alpha value is -0.695. The number of aliphatic hydroxyl groups is 1. The number of aliphatic hydroxyl groups excluding tert-OH is 1. The molecule has 0 aliphatic carbocycles. The molecule has 0 aromatic heterocycles. The van der Waals surface area contributed by atoms with E-state index in [0.717, 1.165) is 0 Å². The van der Waals surface area contributed by atoms with Gasteiger partial charge in [0.05, 0.1) is 12.6 Å². The molecule has 2 saturated heterocycles. The molecule has 0 aromatic rings. The molecule has 6 nitrogen and oxygen atoms in total. The number of carbonyl (C=O) groups is 1. The van der Waals surface area contributed by atoms with Crippen LogP contribution in [-0.2, 0) is 4.79 Å². The molecule has 0 unspecified atom stereocenters. The summed E-state index contributed by atoms with van der Waals surface area (Å²) in [5, 5.41) is 19.2. The first-order valence-corrected chi connectivity index (χ1v) is 6.30. The minimum Gasteiger partial charge on any atom is -0.437 e. The Morgan fingerprint density at radius 3 is 2.39 bits per heavy atom. The van der Waals surface area contributed by atoms with Gasteiger partial charge >= 0.3 is 7.05 Å². The van der Waals surface area contributed by atoms with Crippen LogP contribution in [-0.4, -0.2) is 82.8 Å². The van der Waals surface area contributed by atoms with Crippen LogP contribution in [0.3, 0.4) is 0 Å². The number of hydrogen-bond donors (Lipinski definition) is 2. The van der Waals surface area contributed by atoms with E-state index in [4.69, 9.17) is 0 Å². The topological polar surface area (TPSA) is 67.2 Å². The number of nitrogens with zero attached hydrogens (tertiary/aromatic N) is 3. The molecule has 2 fully saturated rings. The highest BCUT2D eigenvalue weighted by molar-refractivity contribution is 6.45. The zero-order chi connectivity index (χ0) is 13.3. The van der Waals surface area contributed by atoms with Gasteiger partial charge in [-0.3, -0.25) is 4.79 Å². The van der Waals surface area contributed by atoms with Gasteiger partial charge < -0.3 is 19.8 Å².